The Labute approximate surface area is 79.7 Å². The van der Waals surface area contributed by atoms with Crippen molar-refractivity contribution in [2.24, 2.45) is 0 Å². The van der Waals surface area contributed by atoms with Gasteiger partial charge in [-0.15, -0.1) is 0 Å². The maximum absolute atomic E-state index is 11.2. The van der Waals surface area contributed by atoms with E-state index < -0.39 is 0 Å². The molecule has 1 saturated carbocycles. The molecular weight excluding hydrogens is 164 g/mol. The van der Waals surface area contributed by atoms with Gasteiger partial charge in [0.1, 0.15) is 5.78 Å². The lowest BCUT2D eigenvalue weighted by atomic mass is 9.82. The zero-order valence-electron chi connectivity index (χ0n) is 8.05. The fourth-order valence-corrected chi connectivity index (χ4v) is 2.28. The van der Waals surface area contributed by atoms with Crippen molar-refractivity contribution < 1.29 is 9.53 Å². The summed E-state index contributed by atoms with van der Waals surface area (Å²) in [6.45, 7) is 0.891. The molecule has 2 rings (SSSR count). The zero-order valence-corrected chi connectivity index (χ0v) is 8.05. The molecule has 0 aromatic carbocycles. The lowest BCUT2D eigenvalue weighted by molar-refractivity contribution is -0.120. The molecular formula is C11H17O2. The van der Waals surface area contributed by atoms with E-state index in [-0.39, 0.29) is 0 Å². The normalized spacial score (nSPS) is 32.0. The Kier molecular flexibility index (Phi) is 2.99. The van der Waals surface area contributed by atoms with Crippen LogP contribution < -0.4 is 0 Å². The summed E-state index contributed by atoms with van der Waals surface area (Å²) in [5.41, 5.74) is 0. The molecule has 1 atom stereocenters. The van der Waals surface area contributed by atoms with Gasteiger partial charge in [0.2, 0.25) is 0 Å². The predicted octanol–water partition coefficient (Wildman–Crippen LogP) is 2.27. The SMILES string of the molecule is O=C1CCC[C](C2CCCCO2)C1. The van der Waals surface area contributed by atoms with Crippen molar-refractivity contribution >= 4 is 5.78 Å². The van der Waals surface area contributed by atoms with E-state index in [0.29, 0.717) is 18.3 Å². The summed E-state index contributed by atoms with van der Waals surface area (Å²) in [4.78, 5) is 11.2. The van der Waals surface area contributed by atoms with Crippen molar-refractivity contribution in [2.45, 2.75) is 51.0 Å². The molecule has 2 fully saturated rings. The molecule has 0 amide bonds. The average molecular weight is 181 g/mol. The number of hydrogen-bond donors (Lipinski definition) is 0. The fraction of sp³-hybridized carbons (Fsp3) is 0.818. The highest BCUT2D eigenvalue weighted by molar-refractivity contribution is 5.81. The van der Waals surface area contributed by atoms with Gasteiger partial charge in [-0.2, -0.15) is 0 Å². The van der Waals surface area contributed by atoms with Crippen molar-refractivity contribution in [3.05, 3.63) is 5.92 Å². The Bertz CT molecular complexity index is 183. The Balaban J connectivity index is 1.87. The van der Waals surface area contributed by atoms with Crippen LogP contribution in [0.3, 0.4) is 0 Å². The molecule has 13 heavy (non-hydrogen) atoms. The van der Waals surface area contributed by atoms with Crippen LogP contribution >= 0.6 is 0 Å². The minimum atomic E-state index is 0.318. The second-order valence-corrected chi connectivity index (χ2v) is 4.08. The number of carbonyl (C=O) groups is 1. The summed E-state index contributed by atoms with van der Waals surface area (Å²) >= 11 is 0. The molecule has 1 radical (unpaired) electrons. The van der Waals surface area contributed by atoms with Gasteiger partial charge in [0, 0.05) is 25.4 Å². The number of carbonyl (C=O) groups excluding carboxylic acids is 1. The van der Waals surface area contributed by atoms with Crippen molar-refractivity contribution in [1.82, 2.24) is 0 Å². The van der Waals surface area contributed by atoms with E-state index in [2.05, 4.69) is 0 Å². The van der Waals surface area contributed by atoms with Crippen LogP contribution in [0.25, 0.3) is 0 Å². The van der Waals surface area contributed by atoms with Crippen LogP contribution in [0.1, 0.15) is 44.9 Å². The predicted molar refractivity (Wildman–Crippen MR) is 50.3 cm³/mol. The highest BCUT2D eigenvalue weighted by atomic mass is 16.5. The highest BCUT2D eigenvalue weighted by Crippen LogP contribution is 2.32. The van der Waals surface area contributed by atoms with Crippen molar-refractivity contribution in [2.75, 3.05) is 6.61 Å². The van der Waals surface area contributed by atoms with Crippen molar-refractivity contribution in [3.63, 3.8) is 0 Å². The van der Waals surface area contributed by atoms with Crippen molar-refractivity contribution in [3.8, 4) is 0 Å². The Hall–Kier alpha value is -0.370. The molecule has 73 valence electrons. The van der Waals surface area contributed by atoms with E-state index in [1.54, 1.807) is 0 Å². The van der Waals surface area contributed by atoms with Crippen LogP contribution in [-0.2, 0) is 9.53 Å². The minimum absolute atomic E-state index is 0.318. The molecule has 1 heterocycles. The molecule has 1 saturated heterocycles. The van der Waals surface area contributed by atoms with Gasteiger partial charge < -0.3 is 4.74 Å². The summed E-state index contributed by atoms with van der Waals surface area (Å²) in [5, 5.41) is 0. The van der Waals surface area contributed by atoms with Crippen LogP contribution in [0.2, 0.25) is 0 Å². The monoisotopic (exact) mass is 181 g/mol. The molecule has 1 aliphatic heterocycles. The number of ketones is 1. The van der Waals surface area contributed by atoms with Crippen LogP contribution in [0.5, 0.6) is 0 Å². The second-order valence-electron chi connectivity index (χ2n) is 4.08. The second kappa shape index (κ2) is 4.23. The van der Waals surface area contributed by atoms with Gasteiger partial charge in [-0.25, -0.2) is 0 Å². The van der Waals surface area contributed by atoms with Gasteiger partial charge in [0.05, 0.1) is 6.10 Å². The number of hydrogen-bond acceptors (Lipinski definition) is 2. The number of rotatable bonds is 1. The van der Waals surface area contributed by atoms with E-state index in [9.17, 15) is 4.79 Å². The van der Waals surface area contributed by atoms with Crippen LogP contribution in [0.4, 0.5) is 0 Å². The van der Waals surface area contributed by atoms with E-state index in [0.717, 1.165) is 32.3 Å². The van der Waals surface area contributed by atoms with Gasteiger partial charge in [0.25, 0.3) is 0 Å². The first-order valence-electron chi connectivity index (χ1n) is 5.34. The Morgan fingerprint density at radius 2 is 2.08 bits per heavy atom. The summed E-state index contributed by atoms with van der Waals surface area (Å²) in [7, 11) is 0. The third kappa shape index (κ3) is 2.31. The molecule has 0 spiro atoms. The molecule has 2 nitrogen and oxygen atoms in total. The summed E-state index contributed by atoms with van der Waals surface area (Å²) < 4.78 is 5.68. The largest absolute Gasteiger partial charge is 0.378 e. The van der Waals surface area contributed by atoms with E-state index in [4.69, 9.17) is 4.74 Å². The van der Waals surface area contributed by atoms with Crippen LogP contribution in [-0.4, -0.2) is 18.5 Å². The van der Waals surface area contributed by atoms with Crippen LogP contribution in [0.15, 0.2) is 0 Å². The maximum atomic E-state index is 11.2. The molecule has 0 aromatic rings. The summed E-state index contributed by atoms with van der Waals surface area (Å²) in [5.74, 6) is 1.78. The summed E-state index contributed by atoms with van der Waals surface area (Å²) in [6, 6.07) is 0. The molecule has 2 aliphatic rings. The van der Waals surface area contributed by atoms with E-state index in [1.165, 1.54) is 18.8 Å². The molecule has 2 heteroatoms. The highest BCUT2D eigenvalue weighted by Gasteiger charge is 2.29. The quantitative estimate of drug-likeness (QED) is 0.620. The smallest absolute Gasteiger partial charge is 0.133 e. The Morgan fingerprint density at radius 3 is 2.77 bits per heavy atom. The van der Waals surface area contributed by atoms with Gasteiger partial charge in [-0.3, -0.25) is 4.79 Å². The molecule has 0 N–H and O–H groups in total. The zero-order chi connectivity index (χ0) is 9.10. The topological polar surface area (TPSA) is 26.3 Å². The van der Waals surface area contributed by atoms with Gasteiger partial charge in [-0.05, 0) is 32.1 Å². The van der Waals surface area contributed by atoms with Gasteiger partial charge >= 0.3 is 0 Å². The Morgan fingerprint density at radius 1 is 1.15 bits per heavy atom. The molecule has 0 bridgehead atoms. The van der Waals surface area contributed by atoms with Crippen LogP contribution in [0, 0.1) is 5.92 Å². The lowest BCUT2D eigenvalue weighted by Crippen LogP contribution is -2.30. The lowest BCUT2D eigenvalue weighted by Gasteiger charge is -2.31. The first-order chi connectivity index (χ1) is 6.36. The third-order valence-corrected chi connectivity index (χ3v) is 3.01. The average Bonchev–Trinajstić information content (AvgIpc) is 2.19. The van der Waals surface area contributed by atoms with Crippen molar-refractivity contribution in [1.29, 1.82) is 0 Å². The third-order valence-electron chi connectivity index (χ3n) is 3.01. The fourth-order valence-electron chi connectivity index (χ4n) is 2.28. The van der Waals surface area contributed by atoms with E-state index in [1.807, 2.05) is 0 Å². The molecule has 1 aliphatic carbocycles. The first kappa shape index (κ1) is 9.20. The minimum Gasteiger partial charge on any atom is -0.378 e. The standard InChI is InChI=1S/C11H17O2/c12-10-5-3-4-9(8-10)11-6-1-2-7-13-11/h11H,1-8H2. The first-order valence-corrected chi connectivity index (χ1v) is 5.34. The molecule has 0 aromatic heterocycles. The van der Waals surface area contributed by atoms with Gasteiger partial charge in [0.15, 0.2) is 0 Å². The molecule has 1 unspecified atom stereocenters. The van der Waals surface area contributed by atoms with E-state index >= 15 is 0 Å². The number of ether oxygens (including phenoxy) is 1. The van der Waals surface area contributed by atoms with Gasteiger partial charge in [-0.1, -0.05) is 0 Å². The number of Topliss-reactive ketones (excluding diaryl/α,β-unsaturated/α-hetero) is 1. The summed E-state index contributed by atoms with van der Waals surface area (Å²) in [6.07, 6.45) is 7.58. The maximum Gasteiger partial charge on any atom is 0.133 e.